The molecule has 0 saturated heterocycles. The number of sulfonamides is 1. The fraction of sp³-hybridized carbons (Fsp3) is 0.167. The number of aromatic nitrogens is 3. The van der Waals surface area contributed by atoms with E-state index in [-0.39, 0.29) is 17.4 Å². The molecule has 0 aliphatic heterocycles. The molecule has 0 aliphatic rings. The SMILES string of the molecule is Cc1csc(CNS(=O)(=O)c2c(N)nc3ccccn23)n1. The number of hydrogen-bond acceptors (Lipinski definition) is 6. The number of fused-ring (bicyclic) bond motifs is 1. The Balaban J connectivity index is 1.95. The van der Waals surface area contributed by atoms with Crippen LogP contribution in [0.25, 0.3) is 5.65 Å². The van der Waals surface area contributed by atoms with E-state index >= 15 is 0 Å². The number of nitrogen functional groups attached to an aromatic ring is 1. The number of nitrogens with two attached hydrogens (primary N) is 1. The van der Waals surface area contributed by atoms with Gasteiger partial charge in [0.25, 0.3) is 10.0 Å². The normalized spacial score (nSPS) is 12.0. The standard InChI is InChI=1S/C12H13N5O2S2/c1-8-7-20-10(15-8)6-14-21(18,19)12-11(13)16-9-4-2-3-5-17(9)12/h2-5,7,14H,6,13H2,1H3. The molecule has 0 bridgehead atoms. The molecule has 21 heavy (non-hydrogen) atoms. The maximum Gasteiger partial charge on any atom is 0.260 e. The molecule has 3 N–H and O–H groups in total. The molecule has 0 amide bonds. The molecule has 0 unspecified atom stereocenters. The molecule has 0 atom stereocenters. The van der Waals surface area contributed by atoms with Crippen LogP contribution in [0.1, 0.15) is 10.7 Å². The number of nitrogens with zero attached hydrogens (tertiary/aromatic N) is 3. The highest BCUT2D eigenvalue weighted by Crippen LogP contribution is 2.20. The Hall–Kier alpha value is -1.97. The van der Waals surface area contributed by atoms with Crippen molar-refractivity contribution in [2.24, 2.45) is 0 Å². The lowest BCUT2D eigenvalue weighted by Gasteiger charge is -2.05. The van der Waals surface area contributed by atoms with Crippen LogP contribution in [0.4, 0.5) is 5.82 Å². The van der Waals surface area contributed by atoms with Gasteiger partial charge in [-0.15, -0.1) is 11.3 Å². The first-order valence-electron chi connectivity index (χ1n) is 6.10. The molecule has 3 rings (SSSR count). The fourth-order valence-electron chi connectivity index (χ4n) is 1.97. The first-order chi connectivity index (χ1) is 9.97. The van der Waals surface area contributed by atoms with Gasteiger partial charge in [-0.2, -0.15) is 0 Å². The van der Waals surface area contributed by atoms with Gasteiger partial charge in [0.05, 0.1) is 6.54 Å². The smallest absolute Gasteiger partial charge is 0.260 e. The molecule has 0 spiro atoms. The van der Waals surface area contributed by atoms with Crippen molar-refractivity contribution < 1.29 is 8.42 Å². The number of aryl methyl sites for hydroxylation is 1. The highest BCUT2D eigenvalue weighted by atomic mass is 32.2. The Bertz CT molecular complexity index is 897. The molecular formula is C12H13N5O2S2. The van der Waals surface area contributed by atoms with Gasteiger partial charge in [0.2, 0.25) is 0 Å². The summed E-state index contributed by atoms with van der Waals surface area (Å²) >= 11 is 1.40. The highest BCUT2D eigenvalue weighted by molar-refractivity contribution is 7.89. The van der Waals surface area contributed by atoms with Crippen LogP contribution >= 0.6 is 11.3 Å². The quantitative estimate of drug-likeness (QED) is 0.750. The zero-order chi connectivity index (χ0) is 15.0. The minimum atomic E-state index is -3.77. The summed E-state index contributed by atoms with van der Waals surface area (Å²) in [4.78, 5) is 8.26. The van der Waals surface area contributed by atoms with Crippen molar-refractivity contribution in [2.75, 3.05) is 5.73 Å². The maximum atomic E-state index is 12.4. The van der Waals surface area contributed by atoms with Crippen LogP contribution in [-0.4, -0.2) is 22.8 Å². The second-order valence-electron chi connectivity index (χ2n) is 4.44. The van der Waals surface area contributed by atoms with Gasteiger partial charge in [-0.25, -0.2) is 23.1 Å². The lowest BCUT2D eigenvalue weighted by Crippen LogP contribution is -2.25. The third kappa shape index (κ3) is 2.62. The average molecular weight is 323 g/mol. The van der Waals surface area contributed by atoms with E-state index < -0.39 is 10.0 Å². The average Bonchev–Trinajstić information content (AvgIpc) is 2.99. The van der Waals surface area contributed by atoms with E-state index in [1.807, 2.05) is 12.3 Å². The third-order valence-electron chi connectivity index (χ3n) is 2.85. The van der Waals surface area contributed by atoms with Crippen molar-refractivity contribution >= 4 is 32.8 Å². The summed E-state index contributed by atoms with van der Waals surface area (Å²) in [6, 6.07) is 5.18. The van der Waals surface area contributed by atoms with E-state index in [1.54, 1.807) is 24.4 Å². The first kappa shape index (κ1) is 14.0. The number of hydrogen-bond donors (Lipinski definition) is 2. The summed E-state index contributed by atoms with van der Waals surface area (Å²) in [7, 11) is -3.77. The van der Waals surface area contributed by atoms with E-state index in [0.29, 0.717) is 10.7 Å². The number of imidazole rings is 1. The number of pyridine rings is 1. The summed E-state index contributed by atoms with van der Waals surface area (Å²) in [5.41, 5.74) is 7.10. The lowest BCUT2D eigenvalue weighted by atomic mass is 10.5. The second kappa shape index (κ2) is 5.10. The molecule has 110 valence electrons. The largest absolute Gasteiger partial charge is 0.381 e. The number of rotatable bonds is 4. The maximum absolute atomic E-state index is 12.4. The molecule has 0 aromatic carbocycles. The fourth-order valence-corrected chi connectivity index (χ4v) is 3.97. The van der Waals surface area contributed by atoms with Crippen LogP contribution in [0.2, 0.25) is 0 Å². The number of nitrogens with one attached hydrogen (secondary N) is 1. The van der Waals surface area contributed by atoms with Crippen molar-refractivity contribution in [2.45, 2.75) is 18.5 Å². The van der Waals surface area contributed by atoms with Gasteiger partial charge in [-0.05, 0) is 19.1 Å². The van der Waals surface area contributed by atoms with Crippen LogP contribution in [-0.2, 0) is 16.6 Å². The second-order valence-corrected chi connectivity index (χ2v) is 7.06. The molecule has 3 heterocycles. The van der Waals surface area contributed by atoms with Crippen molar-refractivity contribution in [1.29, 1.82) is 0 Å². The molecule has 9 heteroatoms. The molecule has 0 fully saturated rings. The minimum Gasteiger partial charge on any atom is -0.381 e. The monoisotopic (exact) mass is 323 g/mol. The Morgan fingerprint density at radius 3 is 2.90 bits per heavy atom. The van der Waals surface area contributed by atoms with Crippen molar-refractivity contribution in [1.82, 2.24) is 19.1 Å². The molecule has 0 aliphatic carbocycles. The Morgan fingerprint density at radius 1 is 1.38 bits per heavy atom. The van der Waals surface area contributed by atoms with Gasteiger partial charge in [0, 0.05) is 17.3 Å². The summed E-state index contributed by atoms with van der Waals surface area (Å²) in [5.74, 6) is -0.0241. The van der Waals surface area contributed by atoms with Crippen LogP contribution in [0.3, 0.4) is 0 Å². The molecular weight excluding hydrogens is 310 g/mol. The zero-order valence-corrected chi connectivity index (χ0v) is 12.8. The minimum absolute atomic E-state index is 0.0241. The number of anilines is 1. The van der Waals surface area contributed by atoms with E-state index in [0.717, 1.165) is 5.69 Å². The summed E-state index contributed by atoms with van der Waals surface area (Å²) < 4.78 is 28.8. The topological polar surface area (TPSA) is 102 Å². The van der Waals surface area contributed by atoms with E-state index in [1.165, 1.54) is 15.7 Å². The van der Waals surface area contributed by atoms with E-state index in [2.05, 4.69) is 14.7 Å². The van der Waals surface area contributed by atoms with Crippen LogP contribution in [0.5, 0.6) is 0 Å². The molecule has 0 radical (unpaired) electrons. The van der Waals surface area contributed by atoms with Gasteiger partial charge >= 0.3 is 0 Å². The molecule has 7 nitrogen and oxygen atoms in total. The lowest BCUT2D eigenvalue weighted by molar-refractivity contribution is 0.576. The Morgan fingerprint density at radius 2 is 2.19 bits per heavy atom. The summed E-state index contributed by atoms with van der Waals surface area (Å²) in [6.07, 6.45) is 1.61. The Labute approximate surface area is 125 Å². The van der Waals surface area contributed by atoms with Crippen molar-refractivity contribution in [3.05, 3.63) is 40.5 Å². The molecule has 0 saturated carbocycles. The molecule has 3 aromatic rings. The van der Waals surface area contributed by atoms with Crippen LogP contribution in [0.15, 0.2) is 34.8 Å². The molecule has 3 aromatic heterocycles. The predicted molar refractivity (Wildman–Crippen MR) is 80.5 cm³/mol. The van der Waals surface area contributed by atoms with E-state index in [4.69, 9.17) is 5.73 Å². The van der Waals surface area contributed by atoms with Crippen molar-refractivity contribution in [3.63, 3.8) is 0 Å². The van der Waals surface area contributed by atoms with Gasteiger partial charge in [0.1, 0.15) is 10.7 Å². The number of thiazole rings is 1. The van der Waals surface area contributed by atoms with Crippen LogP contribution in [0, 0.1) is 6.92 Å². The van der Waals surface area contributed by atoms with Gasteiger partial charge in [-0.3, -0.25) is 4.40 Å². The third-order valence-corrected chi connectivity index (χ3v) is 5.25. The van der Waals surface area contributed by atoms with Gasteiger partial charge < -0.3 is 5.73 Å². The Kier molecular flexibility index (Phi) is 3.40. The summed E-state index contributed by atoms with van der Waals surface area (Å²) in [5, 5.41) is 2.52. The predicted octanol–water partition coefficient (Wildman–Crippen LogP) is 1.16. The van der Waals surface area contributed by atoms with Crippen LogP contribution < -0.4 is 10.5 Å². The van der Waals surface area contributed by atoms with Crippen molar-refractivity contribution in [3.8, 4) is 0 Å². The van der Waals surface area contributed by atoms with Gasteiger partial charge in [0.15, 0.2) is 10.8 Å². The zero-order valence-electron chi connectivity index (χ0n) is 11.1. The first-order valence-corrected chi connectivity index (χ1v) is 8.47. The summed E-state index contributed by atoms with van der Waals surface area (Å²) in [6.45, 7) is 1.98. The van der Waals surface area contributed by atoms with Gasteiger partial charge in [-0.1, -0.05) is 6.07 Å². The van der Waals surface area contributed by atoms with E-state index in [9.17, 15) is 8.42 Å². The highest BCUT2D eigenvalue weighted by Gasteiger charge is 2.23.